The van der Waals surface area contributed by atoms with Gasteiger partial charge in [-0.05, 0) is 30.7 Å². The van der Waals surface area contributed by atoms with Crippen LogP contribution < -0.4 is 14.2 Å². The number of para-hydroxylation sites is 1. The lowest BCUT2D eigenvalue weighted by Crippen LogP contribution is -2.17. The van der Waals surface area contributed by atoms with E-state index in [1.54, 1.807) is 6.92 Å². The van der Waals surface area contributed by atoms with Crippen LogP contribution in [0.3, 0.4) is 0 Å². The van der Waals surface area contributed by atoms with Crippen LogP contribution in [-0.4, -0.2) is 18.3 Å². The first kappa shape index (κ1) is 13.8. The molecule has 0 radical (unpaired) electrons. The minimum Gasteiger partial charge on any atom is -0.489 e. The molecule has 3 rings (SSSR count). The van der Waals surface area contributed by atoms with Gasteiger partial charge in [-0.1, -0.05) is 24.3 Å². The van der Waals surface area contributed by atoms with Crippen molar-refractivity contribution in [2.45, 2.75) is 19.6 Å². The van der Waals surface area contributed by atoms with Gasteiger partial charge in [-0.15, -0.1) is 0 Å². The summed E-state index contributed by atoms with van der Waals surface area (Å²) in [5, 5.41) is 9.60. The predicted octanol–water partition coefficient (Wildman–Crippen LogP) is 3.09. The lowest BCUT2D eigenvalue weighted by atomic mass is 10.1. The second-order valence-electron chi connectivity index (χ2n) is 4.98. The van der Waals surface area contributed by atoms with Crippen molar-refractivity contribution in [2.75, 3.05) is 13.2 Å². The Kier molecular flexibility index (Phi) is 3.97. The second-order valence-corrected chi connectivity index (χ2v) is 4.98. The molecule has 1 N–H and O–H groups in total. The number of aliphatic hydroxyl groups excluding tert-OH is 1. The van der Waals surface area contributed by atoms with Gasteiger partial charge < -0.3 is 19.3 Å². The van der Waals surface area contributed by atoms with Crippen LogP contribution >= 0.6 is 0 Å². The van der Waals surface area contributed by atoms with Crippen molar-refractivity contribution in [3.8, 4) is 17.2 Å². The van der Waals surface area contributed by atoms with Gasteiger partial charge in [0, 0.05) is 5.56 Å². The van der Waals surface area contributed by atoms with E-state index in [4.69, 9.17) is 14.2 Å². The van der Waals surface area contributed by atoms with Crippen LogP contribution in [0.1, 0.15) is 24.2 Å². The van der Waals surface area contributed by atoms with E-state index >= 15 is 0 Å². The number of benzene rings is 2. The molecule has 110 valence electrons. The van der Waals surface area contributed by atoms with Gasteiger partial charge in [0.2, 0.25) is 0 Å². The maximum atomic E-state index is 9.60. The fourth-order valence-corrected chi connectivity index (χ4v) is 2.27. The van der Waals surface area contributed by atoms with Crippen LogP contribution in [0.2, 0.25) is 0 Å². The highest BCUT2D eigenvalue weighted by Gasteiger charge is 2.15. The Labute approximate surface area is 123 Å². The highest BCUT2D eigenvalue weighted by molar-refractivity contribution is 5.47. The van der Waals surface area contributed by atoms with Gasteiger partial charge in [0.1, 0.15) is 25.6 Å². The van der Waals surface area contributed by atoms with E-state index in [2.05, 4.69) is 0 Å². The van der Waals surface area contributed by atoms with Crippen LogP contribution in [0, 0.1) is 0 Å². The lowest BCUT2D eigenvalue weighted by Gasteiger charge is -2.21. The molecule has 0 saturated heterocycles. The second kappa shape index (κ2) is 6.06. The van der Waals surface area contributed by atoms with Crippen molar-refractivity contribution in [2.24, 2.45) is 0 Å². The Hall–Kier alpha value is -2.20. The first-order valence-corrected chi connectivity index (χ1v) is 7.02. The van der Waals surface area contributed by atoms with Gasteiger partial charge in [-0.2, -0.15) is 0 Å². The van der Waals surface area contributed by atoms with Gasteiger partial charge in [0.05, 0.1) is 6.10 Å². The molecule has 0 fully saturated rings. The normalized spacial score (nSPS) is 14.6. The van der Waals surface area contributed by atoms with Crippen molar-refractivity contribution in [1.82, 2.24) is 0 Å². The Morgan fingerprint density at radius 1 is 1.14 bits per heavy atom. The third-order valence-corrected chi connectivity index (χ3v) is 3.38. The lowest BCUT2D eigenvalue weighted by molar-refractivity contribution is 0.166. The van der Waals surface area contributed by atoms with E-state index in [9.17, 15) is 5.11 Å². The summed E-state index contributed by atoms with van der Waals surface area (Å²) in [6.07, 6.45) is -0.505. The summed E-state index contributed by atoms with van der Waals surface area (Å²) < 4.78 is 17.0. The maximum absolute atomic E-state index is 9.60. The van der Waals surface area contributed by atoms with Crippen LogP contribution in [0.5, 0.6) is 17.2 Å². The summed E-state index contributed by atoms with van der Waals surface area (Å²) in [5.74, 6) is 2.25. The van der Waals surface area contributed by atoms with E-state index in [1.165, 1.54) is 0 Å². The molecule has 0 bridgehead atoms. The molecule has 0 amide bonds. The zero-order valence-corrected chi connectivity index (χ0v) is 11.9. The number of ether oxygens (including phenoxy) is 3. The van der Waals surface area contributed by atoms with Gasteiger partial charge >= 0.3 is 0 Å². The van der Waals surface area contributed by atoms with E-state index in [0.29, 0.717) is 19.8 Å². The summed E-state index contributed by atoms with van der Waals surface area (Å²) in [6, 6.07) is 13.3. The zero-order chi connectivity index (χ0) is 14.7. The standard InChI is InChI=1S/C17H18O4/c1-12(18)13-4-2-6-15(10-13)21-11-14-5-3-7-16-17(14)20-9-8-19-16/h2-7,10,12,18H,8-9,11H2,1H3. The van der Waals surface area contributed by atoms with Gasteiger partial charge in [-0.25, -0.2) is 0 Å². The maximum Gasteiger partial charge on any atom is 0.167 e. The highest BCUT2D eigenvalue weighted by atomic mass is 16.6. The minimum absolute atomic E-state index is 0.399. The molecule has 0 aromatic heterocycles. The molecule has 4 nitrogen and oxygen atoms in total. The molecule has 21 heavy (non-hydrogen) atoms. The molecule has 1 atom stereocenters. The van der Waals surface area contributed by atoms with Crippen LogP contribution in [-0.2, 0) is 6.61 Å². The Balaban J connectivity index is 1.75. The van der Waals surface area contributed by atoms with Crippen molar-refractivity contribution in [3.63, 3.8) is 0 Å². The van der Waals surface area contributed by atoms with Crippen LogP contribution in [0.15, 0.2) is 42.5 Å². The smallest absolute Gasteiger partial charge is 0.167 e. The fraction of sp³-hybridized carbons (Fsp3) is 0.294. The molecular formula is C17H18O4. The molecule has 0 saturated carbocycles. The Morgan fingerprint density at radius 2 is 1.95 bits per heavy atom. The summed E-state index contributed by atoms with van der Waals surface area (Å²) >= 11 is 0. The average molecular weight is 286 g/mol. The number of hydrogen-bond donors (Lipinski definition) is 1. The van der Waals surface area contributed by atoms with E-state index in [0.717, 1.165) is 28.4 Å². The molecule has 1 aliphatic rings. The van der Waals surface area contributed by atoms with Gasteiger partial charge in [0.25, 0.3) is 0 Å². The molecule has 1 unspecified atom stereocenters. The van der Waals surface area contributed by atoms with Gasteiger partial charge in [0.15, 0.2) is 11.5 Å². The van der Waals surface area contributed by atoms with Gasteiger partial charge in [-0.3, -0.25) is 0 Å². The highest BCUT2D eigenvalue weighted by Crippen LogP contribution is 2.34. The molecule has 0 spiro atoms. The molecule has 4 heteroatoms. The van der Waals surface area contributed by atoms with E-state index in [1.807, 2.05) is 42.5 Å². The van der Waals surface area contributed by atoms with Crippen molar-refractivity contribution in [3.05, 3.63) is 53.6 Å². The molecule has 0 aliphatic carbocycles. The average Bonchev–Trinajstić information content (AvgIpc) is 2.53. The third kappa shape index (κ3) is 3.11. The van der Waals surface area contributed by atoms with Crippen LogP contribution in [0.25, 0.3) is 0 Å². The summed E-state index contributed by atoms with van der Waals surface area (Å²) in [6.45, 7) is 3.27. The molecule has 1 aliphatic heterocycles. The number of aliphatic hydroxyl groups is 1. The van der Waals surface area contributed by atoms with Crippen molar-refractivity contribution in [1.29, 1.82) is 0 Å². The minimum atomic E-state index is -0.505. The zero-order valence-electron chi connectivity index (χ0n) is 11.9. The topological polar surface area (TPSA) is 47.9 Å². The molecule has 2 aromatic rings. The largest absolute Gasteiger partial charge is 0.489 e. The first-order valence-electron chi connectivity index (χ1n) is 7.02. The van der Waals surface area contributed by atoms with E-state index in [-0.39, 0.29) is 0 Å². The van der Waals surface area contributed by atoms with Crippen molar-refractivity contribution >= 4 is 0 Å². The number of hydrogen-bond acceptors (Lipinski definition) is 4. The quantitative estimate of drug-likeness (QED) is 0.938. The Morgan fingerprint density at radius 3 is 2.81 bits per heavy atom. The van der Waals surface area contributed by atoms with Crippen LogP contribution in [0.4, 0.5) is 0 Å². The fourth-order valence-electron chi connectivity index (χ4n) is 2.27. The van der Waals surface area contributed by atoms with Crippen molar-refractivity contribution < 1.29 is 19.3 Å². The SMILES string of the molecule is CC(O)c1cccc(OCc2cccc3c2OCCO3)c1. The Bertz CT molecular complexity index is 622. The molecule has 2 aromatic carbocycles. The molecule has 1 heterocycles. The number of fused-ring (bicyclic) bond motifs is 1. The summed E-state index contributed by atoms with van der Waals surface area (Å²) in [5.41, 5.74) is 1.79. The number of rotatable bonds is 4. The predicted molar refractivity (Wildman–Crippen MR) is 78.8 cm³/mol. The summed E-state index contributed by atoms with van der Waals surface area (Å²) in [7, 11) is 0. The molecular weight excluding hydrogens is 268 g/mol. The monoisotopic (exact) mass is 286 g/mol. The third-order valence-electron chi connectivity index (χ3n) is 3.38. The summed E-state index contributed by atoms with van der Waals surface area (Å²) in [4.78, 5) is 0. The first-order chi connectivity index (χ1) is 10.2. The van der Waals surface area contributed by atoms with E-state index < -0.39 is 6.10 Å².